The third kappa shape index (κ3) is 5.06. The van der Waals surface area contributed by atoms with Gasteiger partial charge in [0.25, 0.3) is 0 Å². The number of phenolic OH excluding ortho intramolecular Hbond substituents is 1. The maximum atomic E-state index is 12.4. The lowest BCUT2D eigenvalue weighted by atomic mass is 9.95. The van der Waals surface area contributed by atoms with Crippen LogP contribution in [0.1, 0.15) is 46.1 Å². The van der Waals surface area contributed by atoms with E-state index >= 15 is 0 Å². The van der Waals surface area contributed by atoms with Crippen molar-refractivity contribution in [1.29, 1.82) is 0 Å². The van der Waals surface area contributed by atoms with Gasteiger partial charge in [-0.25, -0.2) is 10.2 Å². The van der Waals surface area contributed by atoms with Crippen LogP contribution in [0.4, 0.5) is 5.00 Å². The Bertz CT molecular complexity index is 1020. The standard InChI is InChI=1S/C20H20BrN3O5S/c1-2-29-20(28)16-13-5-3-4-6-15(13)30-19(16)23-17(26)18(27)24-22-10-11-9-12(21)7-8-14(11)25/h7-10,25H,2-6H2,1H3,(H,23,26)(H,24,27)/b22-10+. The number of carbonyl (C=O) groups excluding carboxylic acids is 3. The lowest BCUT2D eigenvalue weighted by molar-refractivity contribution is -0.136. The van der Waals surface area contributed by atoms with E-state index in [1.165, 1.54) is 23.6 Å². The van der Waals surface area contributed by atoms with Crippen molar-refractivity contribution in [3.05, 3.63) is 44.2 Å². The number of phenols is 1. The Morgan fingerprint density at radius 2 is 2.03 bits per heavy atom. The Morgan fingerprint density at radius 3 is 2.80 bits per heavy atom. The first-order valence-electron chi connectivity index (χ1n) is 9.35. The van der Waals surface area contributed by atoms with E-state index in [9.17, 15) is 19.5 Å². The lowest BCUT2D eigenvalue weighted by Crippen LogP contribution is -2.32. The number of hydrazone groups is 1. The summed E-state index contributed by atoms with van der Waals surface area (Å²) < 4.78 is 5.86. The van der Waals surface area contributed by atoms with Crippen LogP contribution in [0.15, 0.2) is 27.8 Å². The van der Waals surface area contributed by atoms with Crippen molar-refractivity contribution in [1.82, 2.24) is 5.43 Å². The van der Waals surface area contributed by atoms with Crippen LogP contribution in [0.2, 0.25) is 0 Å². The maximum absolute atomic E-state index is 12.4. The molecule has 0 saturated carbocycles. The first-order valence-corrected chi connectivity index (χ1v) is 11.0. The second kappa shape index (κ2) is 9.86. The Balaban J connectivity index is 1.71. The van der Waals surface area contributed by atoms with E-state index in [4.69, 9.17) is 4.74 Å². The molecule has 0 unspecified atom stereocenters. The minimum Gasteiger partial charge on any atom is -0.507 e. The molecule has 0 atom stereocenters. The van der Waals surface area contributed by atoms with Crippen molar-refractivity contribution >= 4 is 56.3 Å². The molecule has 0 aliphatic heterocycles. The van der Waals surface area contributed by atoms with Crippen LogP contribution in [0.3, 0.4) is 0 Å². The second-order valence-corrected chi connectivity index (χ2v) is 8.51. The van der Waals surface area contributed by atoms with Crippen LogP contribution < -0.4 is 10.7 Å². The van der Waals surface area contributed by atoms with E-state index in [1.807, 2.05) is 0 Å². The smallest absolute Gasteiger partial charge is 0.341 e. The molecule has 8 nitrogen and oxygen atoms in total. The number of hydrogen-bond acceptors (Lipinski definition) is 7. The second-order valence-electron chi connectivity index (χ2n) is 6.49. The fourth-order valence-corrected chi connectivity index (χ4v) is 4.72. The fraction of sp³-hybridized carbons (Fsp3) is 0.300. The molecule has 1 aromatic carbocycles. The average molecular weight is 494 g/mol. The quantitative estimate of drug-likeness (QED) is 0.255. The van der Waals surface area contributed by atoms with Gasteiger partial charge in [0.05, 0.1) is 18.4 Å². The average Bonchev–Trinajstić information content (AvgIpc) is 3.08. The number of nitrogens with one attached hydrogen (secondary N) is 2. The molecule has 158 valence electrons. The van der Waals surface area contributed by atoms with E-state index in [-0.39, 0.29) is 12.4 Å². The summed E-state index contributed by atoms with van der Waals surface area (Å²) in [6.07, 6.45) is 4.76. The molecule has 0 saturated heterocycles. The van der Waals surface area contributed by atoms with Crippen molar-refractivity contribution in [3.63, 3.8) is 0 Å². The summed E-state index contributed by atoms with van der Waals surface area (Å²) in [4.78, 5) is 37.9. The largest absolute Gasteiger partial charge is 0.507 e. The normalized spacial score (nSPS) is 13.0. The molecule has 0 spiro atoms. The molecule has 0 radical (unpaired) electrons. The molecule has 1 aliphatic carbocycles. The van der Waals surface area contributed by atoms with Gasteiger partial charge in [0, 0.05) is 14.9 Å². The van der Waals surface area contributed by atoms with Crippen molar-refractivity contribution in [2.45, 2.75) is 32.6 Å². The number of esters is 1. The summed E-state index contributed by atoms with van der Waals surface area (Å²) in [7, 11) is 0. The monoisotopic (exact) mass is 493 g/mol. The van der Waals surface area contributed by atoms with Crippen LogP contribution >= 0.6 is 27.3 Å². The molecule has 3 N–H and O–H groups in total. The van der Waals surface area contributed by atoms with Gasteiger partial charge in [0.1, 0.15) is 10.8 Å². The predicted octanol–water partition coefficient (Wildman–Crippen LogP) is 3.36. The summed E-state index contributed by atoms with van der Waals surface area (Å²) in [5.41, 5.74) is 3.70. The molecular formula is C20H20BrN3O5S. The van der Waals surface area contributed by atoms with Gasteiger partial charge >= 0.3 is 17.8 Å². The highest BCUT2D eigenvalue weighted by Gasteiger charge is 2.28. The molecule has 1 heterocycles. The van der Waals surface area contributed by atoms with Crippen molar-refractivity contribution in [3.8, 4) is 5.75 Å². The first-order chi connectivity index (χ1) is 14.4. The number of amides is 2. The molecule has 0 fully saturated rings. The van der Waals surface area contributed by atoms with E-state index in [0.717, 1.165) is 40.6 Å². The van der Waals surface area contributed by atoms with Gasteiger partial charge in [-0.3, -0.25) is 9.59 Å². The number of hydrogen-bond donors (Lipinski definition) is 3. The number of carbonyl (C=O) groups is 3. The number of fused-ring (bicyclic) bond motifs is 1. The van der Waals surface area contributed by atoms with Gasteiger partial charge in [-0.15, -0.1) is 11.3 Å². The summed E-state index contributed by atoms with van der Waals surface area (Å²) >= 11 is 4.57. The highest BCUT2D eigenvalue weighted by Crippen LogP contribution is 2.38. The number of aryl methyl sites for hydroxylation is 1. The van der Waals surface area contributed by atoms with Gasteiger partial charge in [0.15, 0.2) is 0 Å². The number of nitrogens with zero attached hydrogens (tertiary/aromatic N) is 1. The molecule has 30 heavy (non-hydrogen) atoms. The summed E-state index contributed by atoms with van der Waals surface area (Å²) in [6, 6.07) is 4.72. The Morgan fingerprint density at radius 1 is 1.27 bits per heavy atom. The van der Waals surface area contributed by atoms with Crippen molar-refractivity contribution in [2.24, 2.45) is 5.10 Å². The van der Waals surface area contributed by atoms with Gasteiger partial charge < -0.3 is 15.2 Å². The van der Waals surface area contributed by atoms with E-state index < -0.39 is 17.8 Å². The van der Waals surface area contributed by atoms with Crippen LogP contribution in [-0.2, 0) is 27.2 Å². The van der Waals surface area contributed by atoms with Gasteiger partial charge in [-0.05, 0) is 56.4 Å². The Labute approximate surface area is 185 Å². The Hall–Kier alpha value is -2.72. The highest BCUT2D eigenvalue weighted by molar-refractivity contribution is 9.10. The fourth-order valence-electron chi connectivity index (χ4n) is 3.07. The third-order valence-electron chi connectivity index (χ3n) is 4.44. The molecule has 0 bridgehead atoms. The number of rotatable bonds is 5. The van der Waals surface area contributed by atoms with E-state index in [0.29, 0.717) is 16.1 Å². The van der Waals surface area contributed by atoms with Crippen LogP contribution in [0.5, 0.6) is 5.75 Å². The first kappa shape index (κ1) is 22.0. The highest BCUT2D eigenvalue weighted by atomic mass is 79.9. The molecule has 3 rings (SSSR count). The van der Waals surface area contributed by atoms with Gasteiger partial charge in [-0.1, -0.05) is 15.9 Å². The molecule has 1 aromatic heterocycles. The predicted molar refractivity (Wildman–Crippen MR) is 117 cm³/mol. The molecule has 10 heteroatoms. The van der Waals surface area contributed by atoms with Crippen molar-refractivity contribution in [2.75, 3.05) is 11.9 Å². The zero-order valence-corrected chi connectivity index (χ0v) is 18.6. The Kier molecular flexibility index (Phi) is 7.22. The zero-order chi connectivity index (χ0) is 21.7. The minimum absolute atomic E-state index is 0.0242. The number of anilines is 1. The summed E-state index contributed by atoms with van der Waals surface area (Å²) in [6.45, 7) is 1.93. The lowest BCUT2D eigenvalue weighted by Gasteiger charge is -2.12. The topological polar surface area (TPSA) is 117 Å². The number of benzene rings is 1. The molecule has 2 aromatic rings. The van der Waals surface area contributed by atoms with Gasteiger partial charge in [0.2, 0.25) is 0 Å². The minimum atomic E-state index is -0.998. The summed E-state index contributed by atoms with van der Waals surface area (Å²) in [5, 5.41) is 16.3. The number of ether oxygens (including phenoxy) is 1. The number of thiophene rings is 1. The maximum Gasteiger partial charge on any atom is 0.341 e. The van der Waals surface area contributed by atoms with Gasteiger partial charge in [-0.2, -0.15) is 5.10 Å². The number of aromatic hydroxyl groups is 1. The summed E-state index contributed by atoms with van der Waals surface area (Å²) in [5.74, 6) is -2.48. The van der Waals surface area contributed by atoms with E-state index in [2.05, 4.69) is 31.8 Å². The third-order valence-corrected chi connectivity index (χ3v) is 6.14. The van der Waals surface area contributed by atoms with Crippen LogP contribution in [0.25, 0.3) is 0 Å². The van der Waals surface area contributed by atoms with Crippen molar-refractivity contribution < 1.29 is 24.2 Å². The number of halogens is 1. The SMILES string of the molecule is CCOC(=O)c1c(NC(=O)C(=O)N/N=C/c2cc(Br)ccc2O)sc2c1CCCC2. The van der Waals surface area contributed by atoms with Crippen LogP contribution in [-0.4, -0.2) is 35.7 Å². The van der Waals surface area contributed by atoms with Crippen LogP contribution in [0, 0.1) is 0 Å². The van der Waals surface area contributed by atoms with E-state index in [1.54, 1.807) is 19.1 Å². The molecule has 1 aliphatic rings. The molecular weight excluding hydrogens is 474 g/mol. The zero-order valence-electron chi connectivity index (χ0n) is 16.2. The molecule has 2 amide bonds.